The number of carbonyl (C=O) groups is 1. The summed E-state index contributed by atoms with van der Waals surface area (Å²) in [7, 11) is 0. The fourth-order valence-corrected chi connectivity index (χ4v) is 1.15. The van der Waals surface area contributed by atoms with E-state index in [1.807, 2.05) is 6.92 Å². The molecule has 1 aromatic rings. The first kappa shape index (κ1) is 12.1. The Hall–Kier alpha value is -0.940. The fourth-order valence-electron chi connectivity index (χ4n) is 0.918. The van der Waals surface area contributed by atoms with Crippen molar-refractivity contribution < 1.29 is 14.3 Å². The molecule has 15 heavy (non-hydrogen) atoms. The van der Waals surface area contributed by atoms with Gasteiger partial charge in [0.05, 0.1) is 12.2 Å². The molecule has 0 fully saturated rings. The standard InChI is InChI=1S/C10H12BrNO3/c1-2-14-5-6-15-10(13)8-3-4-9(11)12-7-8/h3-4,7H,2,5-6H2,1H3. The number of carbonyl (C=O) groups excluding carboxylic acids is 1. The molecule has 0 bridgehead atoms. The molecule has 82 valence electrons. The van der Waals surface area contributed by atoms with Gasteiger partial charge in [0, 0.05) is 12.8 Å². The van der Waals surface area contributed by atoms with E-state index in [4.69, 9.17) is 9.47 Å². The van der Waals surface area contributed by atoms with Crippen molar-refractivity contribution >= 4 is 21.9 Å². The summed E-state index contributed by atoms with van der Waals surface area (Å²) in [6.07, 6.45) is 1.47. The Kier molecular flexibility index (Phi) is 5.28. The van der Waals surface area contributed by atoms with E-state index in [0.717, 1.165) is 0 Å². The molecular weight excluding hydrogens is 262 g/mol. The smallest absolute Gasteiger partial charge is 0.339 e. The summed E-state index contributed by atoms with van der Waals surface area (Å²) < 4.78 is 10.7. The average molecular weight is 274 g/mol. The molecule has 0 amide bonds. The predicted molar refractivity (Wildman–Crippen MR) is 58.7 cm³/mol. The second-order valence-electron chi connectivity index (χ2n) is 2.70. The highest BCUT2D eigenvalue weighted by Gasteiger charge is 2.06. The van der Waals surface area contributed by atoms with Crippen molar-refractivity contribution in [1.29, 1.82) is 0 Å². The summed E-state index contributed by atoms with van der Waals surface area (Å²) in [5.41, 5.74) is 0.440. The normalized spacial score (nSPS) is 10.0. The maximum absolute atomic E-state index is 11.4. The van der Waals surface area contributed by atoms with Crippen molar-refractivity contribution in [2.75, 3.05) is 19.8 Å². The number of pyridine rings is 1. The van der Waals surface area contributed by atoms with Crippen LogP contribution in [0.4, 0.5) is 0 Å². The molecule has 5 heteroatoms. The first-order valence-corrected chi connectivity index (χ1v) is 5.39. The number of rotatable bonds is 5. The summed E-state index contributed by atoms with van der Waals surface area (Å²) in [6.45, 7) is 3.20. The molecular formula is C10H12BrNO3. The van der Waals surface area contributed by atoms with Crippen LogP contribution in [0.15, 0.2) is 22.9 Å². The summed E-state index contributed by atoms with van der Waals surface area (Å²) in [5, 5.41) is 0. The molecule has 0 aliphatic carbocycles. The first-order chi connectivity index (χ1) is 7.24. The predicted octanol–water partition coefficient (Wildman–Crippen LogP) is 2.04. The van der Waals surface area contributed by atoms with Crippen molar-refractivity contribution in [1.82, 2.24) is 4.98 Å². The highest BCUT2D eigenvalue weighted by Crippen LogP contribution is 2.07. The Morgan fingerprint density at radius 3 is 2.87 bits per heavy atom. The minimum absolute atomic E-state index is 0.267. The Morgan fingerprint density at radius 1 is 1.47 bits per heavy atom. The summed E-state index contributed by atoms with van der Waals surface area (Å²) in [5.74, 6) is -0.380. The molecule has 0 aromatic carbocycles. The van der Waals surface area contributed by atoms with Crippen LogP contribution < -0.4 is 0 Å². The van der Waals surface area contributed by atoms with E-state index in [2.05, 4.69) is 20.9 Å². The number of nitrogens with zero attached hydrogens (tertiary/aromatic N) is 1. The van der Waals surface area contributed by atoms with E-state index >= 15 is 0 Å². The lowest BCUT2D eigenvalue weighted by Gasteiger charge is -2.04. The molecule has 0 aliphatic heterocycles. The molecule has 0 spiro atoms. The van der Waals surface area contributed by atoms with Gasteiger partial charge in [-0.3, -0.25) is 0 Å². The van der Waals surface area contributed by atoms with Crippen molar-refractivity contribution in [3.63, 3.8) is 0 Å². The average Bonchev–Trinajstić information content (AvgIpc) is 2.25. The monoisotopic (exact) mass is 273 g/mol. The van der Waals surface area contributed by atoms with Gasteiger partial charge in [0.25, 0.3) is 0 Å². The van der Waals surface area contributed by atoms with Gasteiger partial charge in [-0.1, -0.05) is 0 Å². The Morgan fingerprint density at radius 2 is 2.27 bits per heavy atom. The van der Waals surface area contributed by atoms with Crippen LogP contribution in [-0.2, 0) is 9.47 Å². The minimum Gasteiger partial charge on any atom is -0.460 e. The third kappa shape index (κ3) is 4.40. The van der Waals surface area contributed by atoms with Crippen LogP contribution in [0.1, 0.15) is 17.3 Å². The quantitative estimate of drug-likeness (QED) is 0.468. The van der Waals surface area contributed by atoms with E-state index < -0.39 is 0 Å². The van der Waals surface area contributed by atoms with Crippen LogP contribution in [0.25, 0.3) is 0 Å². The Labute approximate surface area is 96.7 Å². The van der Waals surface area contributed by atoms with Gasteiger partial charge >= 0.3 is 5.97 Å². The molecule has 1 aromatic heterocycles. The van der Waals surface area contributed by atoms with Crippen molar-refractivity contribution in [2.24, 2.45) is 0 Å². The van der Waals surface area contributed by atoms with Crippen LogP contribution >= 0.6 is 15.9 Å². The lowest BCUT2D eigenvalue weighted by atomic mass is 10.3. The van der Waals surface area contributed by atoms with Gasteiger partial charge in [-0.2, -0.15) is 0 Å². The highest BCUT2D eigenvalue weighted by molar-refractivity contribution is 9.10. The van der Waals surface area contributed by atoms with Gasteiger partial charge in [-0.15, -0.1) is 0 Å². The molecule has 0 N–H and O–H groups in total. The second kappa shape index (κ2) is 6.53. The number of aromatic nitrogens is 1. The van der Waals surface area contributed by atoms with Crippen LogP contribution in [0.3, 0.4) is 0 Å². The largest absolute Gasteiger partial charge is 0.460 e. The topological polar surface area (TPSA) is 48.4 Å². The van der Waals surface area contributed by atoms with Crippen LogP contribution in [0.2, 0.25) is 0 Å². The number of halogens is 1. The van der Waals surface area contributed by atoms with Crippen LogP contribution in [0, 0.1) is 0 Å². The molecule has 0 saturated carbocycles. The maximum Gasteiger partial charge on any atom is 0.339 e. The lowest BCUT2D eigenvalue weighted by Crippen LogP contribution is -2.10. The van der Waals surface area contributed by atoms with E-state index in [0.29, 0.717) is 23.4 Å². The Bertz CT molecular complexity index is 313. The van der Waals surface area contributed by atoms with Crippen LogP contribution in [0.5, 0.6) is 0 Å². The molecule has 0 atom stereocenters. The van der Waals surface area contributed by atoms with E-state index in [1.54, 1.807) is 12.1 Å². The van der Waals surface area contributed by atoms with Gasteiger partial charge in [0.1, 0.15) is 11.2 Å². The SMILES string of the molecule is CCOCCOC(=O)c1ccc(Br)nc1. The zero-order chi connectivity index (χ0) is 11.1. The number of hydrogen-bond acceptors (Lipinski definition) is 4. The zero-order valence-corrected chi connectivity index (χ0v) is 9.99. The number of hydrogen-bond donors (Lipinski definition) is 0. The zero-order valence-electron chi connectivity index (χ0n) is 8.40. The summed E-state index contributed by atoms with van der Waals surface area (Å²) in [4.78, 5) is 15.3. The molecule has 0 radical (unpaired) electrons. The molecule has 1 rings (SSSR count). The maximum atomic E-state index is 11.4. The van der Waals surface area contributed by atoms with Gasteiger partial charge in [-0.25, -0.2) is 9.78 Å². The van der Waals surface area contributed by atoms with Crippen molar-refractivity contribution in [3.8, 4) is 0 Å². The summed E-state index contributed by atoms with van der Waals surface area (Å²) in [6, 6.07) is 3.35. The molecule has 4 nitrogen and oxygen atoms in total. The highest BCUT2D eigenvalue weighted by atomic mass is 79.9. The number of esters is 1. The van der Waals surface area contributed by atoms with Gasteiger partial charge < -0.3 is 9.47 Å². The molecule has 1 heterocycles. The van der Waals surface area contributed by atoms with Gasteiger partial charge in [0.15, 0.2) is 0 Å². The van der Waals surface area contributed by atoms with Gasteiger partial charge in [-0.05, 0) is 35.0 Å². The third-order valence-corrected chi connectivity index (χ3v) is 2.10. The molecule has 0 unspecified atom stereocenters. The number of ether oxygens (including phenoxy) is 2. The van der Waals surface area contributed by atoms with E-state index in [1.165, 1.54) is 6.20 Å². The van der Waals surface area contributed by atoms with Crippen molar-refractivity contribution in [2.45, 2.75) is 6.92 Å². The molecule has 0 aliphatic rings. The van der Waals surface area contributed by atoms with E-state index in [9.17, 15) is 4.79 Å². The van der Waals surface area contributed by atoms with Gasteiger partial charge in [0.2, 0.25) is 0 Å². The van der Waals surface area contributed by atoms with Crippen LogP contribution in [-0.4, -0.2) is 30.8 Å². The third-order valence-electron chi connectivity index (χ3n) is 1.63. The van der Waals surface area contributed by atoms with Crippen molar-refractivity contribution in [3.05, 3.63) is 28.5 Å². The fraction of sp³-hybridized carbons (Fsp3) is 0.400. The first-order valence-electron chi connectivity index (χ1n) is 4.60. The second-order valence-corrected chi connectivity index (χ2v) is 3.51. The summed E-state index contributed by atoms with van der Waals surface area (Å²) >= 11 is 3.18. The Balaban J connectivity index is 2.37. The lowest BCUT2D eigenvalue weighted by molar-refractivity contribution is 0.0335. The van der Waals surface area contributed by atoms with E-state index in [-0.39, 0.29) is 12.6 Å². The minimum atomic E-state index is -0.380. The molecule has 0 saturated heterocycles.